The summed E-state index contributed by atoms with van der Waals surface area (Å²) >= 11 is 0. The van der Waals surface area contributed by atoms with Gasteiger partial charge >= 0.3 is 0 Å². The van der Waals surface area contributed by atoms with Crippen molar-refractivity contribution < 1.29 is 19.1 Å². The van der Waals surface area contributed by atoms with E-state index in [4.69, 9.17) is 15.5 Å². The Balaban J connectivity index is 1.19. The summed E-state index contributed by atoms with van der Waals surface area (Å²) in [6, 6.07) is 10.3. The lowest BCUT2D eigenvalue weighted by molar-refractivity contribution is 0.0994. The van der Waals surface area contributed by atoms with E-state index in [0.29, 0.717) is 77.2 Å². The Bertz CT molecular complexity index is 2480. The summed E-state index contributed by atoms with van der Waals surface area (Å²) < 4.78 is 13.3. The van der Waals surface area contributed by atoms with Gasteiger partial charge in [-0.1, -0.05) is 12.2 Å². The van der Waals surface area contributed by atoms with E-state index in [0.717, 1.165) is 44.8 Å². The third-order valence-corrected chi connectivity index (χ3v) is 10.1. The van der Waals surface area contributed by atoms with Crippen LogP contribution in [0.25, 0.3) is 22.2 Å². The Morgan fingerprint density at radius 1 is 0.828 bits per heavy atom. The highest BCUT2D eigenvalue weighted by atomic mass is 16.5. The molecule has 7 rings (SSSR count). The molecule has 18 heteroatoms. The predicted octanol–water partition coefficient (Wildman–Crippen LogP) is 3.71. The molecule has 1 saturated heterocycles. The zero-order chi connectivity index (χ0) is 40.9. The molecule has 0 radical (unpaired) electrons. The van der Waals surface area contributed by atoms with E-state index in [1.165, 1.54) is 0 Å². The van der Waals surface area contributed by atoms with Crippen molar-refractivity contribution in [3.8, 4) is 5.75 Å². The van der Waals surface area contributed by atoms with Gasteiger partial charge in [-0.25, -0.2) is 15.0 Å². The van der Waals surface area contributed by atoms with Gasteiger partial charge in [0.2, 0.25) is 17.8 Å². The average molecular weight is 791 g/mol. The summed E-state index contributed by atoms with van der Waals surface area (Å²) in [6.07, 6.45) is 6.30. The number of hydrogen-bond donors (Lipinski definition) is 3. The first-order chi connectivity index (χ1) is 28.0. The fourth-order valence-electron chi connectivity index (χ4n) is 7.15. The number of ether oxygens (including phenoxy) is 1. The van der Waals surface area contributed by atoms with Crippen LogP contribution in [0.3, 0.4) is 0 Å². The number of nitrogens with one attached hydrogen (secondary N) is 2. The summed E-state index contributed by atoms with van der Waals surface area (Å²) in [5, 5.41) is 14.8. The Labute approximate surface area is 335 Å². The number of allylic oxidation sites excluding steroid dienone is 2. The molecule has 4 N–H and O–H groups in total. The summed E-state index contributed by atoms with van der Waals surface area (Å²) in [5.41, 5.74) is 10.5. The van der Waals surface area contributed by atoms with Crippen molar-refractivity contribution in [2.75, 3.05) is 57.0 Å². The van der Waals surface area contributed by atoms with Crippen molar-refractivity contribution in [3.63, 3.8) is 0 Å². The zero-order valence-corrected chi connectivity index (χ0v) is 33.6. The van der Waals surface area contributed by atoms with Gasteiger partial charge in [0.05, 0.1) is 23.5 Å². The summed E-state index contributed by atoms with van der Waals surface area (Å²) in [4.78, 5) is 58.5. The highest BCUT2D eigenvalue weighted by molar-refractivity contribution is 6.04. The van der Waals surface area contributed by atoms with Crippen LogP contribution in [0.1, 0.15) is 63.0 Å². The number of aromatic nitrogens is 9. The molecule has 0 spiro atoms. The third kappa shape index (κ3) is 8.62. The maximum atomic E-state index is 13.7. The highest BCUT2D eigenvalue weighted by Gasteiger charge is 2.23. The number of carbonyl (C=O) groups excluding carboxylic acids is 3. The fraction of sp³-hybridized carbons (Fsp3) is 0.400. The molecule has 0 saturated carbocycles. The molecular weight excluding hydrogens is 741 g/mol. The van der Waals surface area contributed by atoms with Crippen LogP contribution < -0.4 is 21.1 Å². The standard InChI is InChI=1S/C40H50N14O4/c1-6-53-31(22-26(3)47-53)37(56)45-39-44-30-24-28(35(41)55)25-33(58-21-11-14-50-19-17-49(5)18-20-50)34(30)51(39)15-8-9-16-52-36-29(12-10-13-42-36)43-40(52)46-38(57)32-23-27(4)48-54(32)7-2/h8-10,12-13,22-25H,6-7,11,14-21H2,1-5H3,(H2,41,55)(H,43,46,57)(H,44,45,56)/b9-8+. The van der Waals surface area contributed by atoms with Crippen molar-refractivity contribution in [1.29, 1.82) is 0 Å². The smallest absolute Gasteiger partial charge is 0.276 e. The average Bonchev–Trinajstić information content (AvgIpc) is 3.97. The second-order valence-corrected chi connectivity index (χ2v) is 14.3. The molecule has 3 amide bonds. The summed E-state index contributed by atoms with van der Waals surface area (Å²) in [7, 11) is 2.13. The van der Waals surface area contributed by atoms with Crippen molar-refractivity contribution in [2.45, 2.75) is 60.3 Å². The van der Waals surface area contributed by atoms with Crippen molar-refractivity contribution in [3.05, 3.63) is 83.1 Å². The van der Waals surface area contributed by atoms with Gasteiger partial charge < -0.3 is 24.8 Å². The lowest BCUT2D eigenvalue weighted by Gasteiger charge is -2.32. The van der Waals surface area contributed by atoms with Gasteiger partial charge in [-0.05, 0) is 77.6 Å². The van der Waals surface area contributed by atoms with Gasteiger partial charge in [-0.2, -0.15) is 10.2 Å². The predicted molar refractivity (Wildman–Crippen MR) is 220 cm³/mol. The van der Waals surface area contributed by atoms with E-state index in [2.05, 4.69) is 47.6 Å². The van der Waals surface area contributed by atoms with Crippen molar-refractivity contribution in [1.82, 2.24) is 53.4 Å². The first-order valence-electron chi connectivity index (χ1n) is 19.6. The fourth-order valence-corrected chi connectivity index (χ4v) is 7.15. The van der Waals surface area contributed by atoms with E-state index < -0.39 is 5.91 Å². The molecule has 0 unspecified atom stereocenters. The molecule has 1 aromatic carbocycles. The largest absolute Gasteiger partial charge is 0.491 e. The Morgan fingerprint density at radius 2 is 1.43 bits per heavy atom. The molecule has 58 heavy (non-hydrogen) atoms. The molecule has 0 aliphatic carbocycles. The monoisotopic (exact) mass is 790 g/mol. The van der Waals surface area contributed by atoms with Crippen LogP contribution in [-0.4, -0.2) is 118 Å². The Hall–Kier alpha value is -6.40. The molecule has 0 bridgehead atoms. The van der Waals surface area contributed by atoms with E-state index in [-0.39, 0.29) is 29.9 Å². The van der Waals surface area contributed by atoms with Gasteiger partial charge in [0.25, 0.3) is 11.8 Å². The number of anilines is 2. The van der Waals surface area contributed by atoms with Gasteiger partial charge in [0, 0.05) is 70.7 Å². The van der Waals surface area contributed by atoms with Crippen LogP contribution in [0.5, 0.6) is 5.75 Å². The normalized spacial score (nSPS) is 13.9. The zero-order valence-electron chi connectivity index (χ0n) is 33.6. The molecule has 1 aliphatic heterocycles. The Kier molecular flexibility index (Phi) is 11.9. The van der Waals surface area contributed by atoms with Gasteiger partial charge in [-0.3, -0.25) is 38.9 Å². The van der Waals surface area contributed by atoms with Crippen LogP contribution in [0, 0.1) is 13.8 Å². The van der Waals surface area contributed by atoms with Crippen LogP contribution >= 0.6 is 0 Å². The quantitative estimate of drug-likeness (QED) is 0.0954. The number of piperazine rings is 1. The lowest BCUT2D eigenvalue weighted by atomic mass is 10.1. The molecule has 6 heterocycles. The van der Waals surface area contributed by atoms with Crippen molar-refractivity contribution >= 4 is 51.8 Å². The number of rotatable bonds is 16. The topological polar surface area (TPSA) is 201 Å². The number of nitrogens with two attached hydrogens (primary N) is 1. The van der Waals surface area contributed by atoms with Gasteiger partial charge in [0.15, 0.2) is 5.65 Å². The van der Waals surface area contributed by atoms with Crippen LogP contribution in [0.15, 0.2) is 54.7 Å². The third-order valence-electron chi connectivity index (χ3n) is 10.1. The molecule has 18 nitrogen and oxygen atoms in total. The van der Waals surface area contributed by atoms with E-state index >= 15 is 0 Å². The van der Waals surface area contributed by atoms with E-state index in [1.807, 2.05) is 55.0 Å². The highest BCUT2D eigenvalue weighted by Crippen LogP contribution is 2.32. The number of aryl methyl sites for hydroxylation is 4. The minimum atomic E-state index is -0.620. The number of amides is 3. The number of likely N-dealkylation sites (N-methyl/N-ethyl adjacent to an activating group) is 1. The second-order valence-electron chi connectivity index (χ2n) is 14.3. The molecule has 5 aromatic heterocycles. The molecule has 6 aromatic rings. The molecule has 0 atom stereocenters. The second kappa shape index (κ2) is 17.4. The first-order valence-corrected chi connectivity index (χ1v) is 19.6. The maximum Gasteiger partial charge on any atom is 0.276 e. The summed E-state index contributed by atoms with van der Waals surface area (Å²) in [6.45, 7) is 14.4. The minimum Gasteiger partial charge on any atom is -0.491 e. The van der Waals surface area contributed by atoms with Gasteiger partial charge in [-0.15, -0.1) is 0 Å². The molecular formula is C40H50N14O4. The van der Waals surface area contributed by atoms with E-state index in [9.17, 15) is 14.4 Å². The first kappa shape index (κ1) is 39.8. The number of nitrogens with zero attached hydrogens (tertiary/aromatic N) is 11. The number of pyridine rings is 1. The number of hydrogen-bond acceptors (Lipinski definition) is 11. The van der Waals surface area contributed by atoms with Gasteiger partial charge in [0.1, 0.15) is 28.2 Å². The molecule has 1 aliphatic rings. The number of fused-ring (bicyclic) bond motifs is 2. The maximum absolute atomic E-state index is 13.7. The minimum absolute atomic E-state index is 0.241. The SMILES string of the molecule is CCn1nc(C)cc1C(=O)Nc1nc2cccnc2n1C/C=C/Cn1c(NC(=O)c2cc(C)nn2CC)nc2cc(C(N)=O)cc(OCCCN3CCN(C)CC3)c21. The van der Waals surface area contributed by atoms with Crippen molar-refractivity contribution in [2.24, 2.45) is 5.73 Å². The Morgan fingerprint density at radius 3 is 2.05 bits per heavy atom. The lowest BCUT2D eigenvalue weighted by Crippen LogP contribution is -2.44. The van der Waals surface area contributed by atoms with Crippen LogP contribution in [-0.2, 0) is 26.2 Å². The molecule has 304 valence electrons. The number of imidazole rings is 2. The summed E-state index contributed by atoms with van der Waals surface area (Å²) in [5.74, 6) is -0.328. The number of primary amides is 1. The number of carbonyl (C=O) groups is 3. The molecule has 1 fully saturated rings. The van der Waals surface area contributed by atoms with Crippen LogP contribution in [0.4, 0.5) is 11.9 Å². The van der Waals surface area contributed by atoms with E-state index in [1.54, 1.807) is 45.9 Å². The van der Waals surface area contributed by atoms with Crippen LogP contribution in [0.2, 0.25) is 0 Å². The number of benzene rings is 1.